The Morgan fingerprint density at radius 1 is 0.960 bits per heavy atom. The van der Waals surface area contributed by atoms with Gasteiger partial charge in [0, 0.05) is 24.7 Å². The summed E-state index contributed by atoms with van der Waals surface area (Å²) in [7, 11) is 0. The number of Topliss-reactive ketones (excluding diaryl/α,β-unsaturated/α-hetero) is 1. The lowest BCUT2D eigenvalue weighted by molar-refractivity contribution is -0.116. The lowest BCUT2D eigenvalue weighted by atomic mass is 10.0. The molecule has 0 aliphatic carbocycles. The maximum absolute atomic E-state index is 13.1. The van der Waals surface area contributed by atoms with Gasteiger partial charge < -0.3 is 4.90 Å². The number of carbonyl (C=O) groups is 2. The van der Waals surface area contributed by atoms with Crippen LogP contribution in [0.25, 0.3) is 6.08 Å². The minimum atomic E-state index is -0.163. The van der Waals surface area contributed by atoms with Crippen LogP contribution in [0.5, 0.6) is 0 Å². The molecule has 1 amide bonds. The number of nitrogens with zero attached hydrogens (tertiary/aromatic N) is 2. The van der Waals surface area contributed by atoms with Crippen molar-refractivity contribution >= 4 is 29.1 Å². The molecule has 2 aliphatic heterocycles. The third-order valence-corrected chi connectivity index (χ3v) is 4.64. The maximum Gasteiger partial charge on any atom is 0.228 e. The van der Waals surface area contributed by atoms with E-state index < -0.39 is 0 Å². The van der Waals surface area contributed by atoms with Gasteiger partial charge >= 0.3 is 0 Å². The maximum atomic E-state index is 13.1. The number of allylic oxidation sites excluding steroid dienone is 2. The molecular formula is C21H18N2O2. The van der Waals surface area contributed by atoms with E-state index in [0.29, 0.717) is 23.5 Å². The minimum absolute atomic E-state index is 0.108. The Morgan fingerprint density at radius 3 is 2.36 bits per heavy atom. The van der Waals surface area contributed by atoms with E-state index in [1.54, 1.807) is 6.07 Å². The summed E-state index contributed by atoms with van der Waals surface area (Å²) < 4.78 is 0. The molecule has 4 rings (SSSR count). The van der Waals surface area contributed by atoms with Gasteiger partial charge in [-0.15, -0.1) is 0 Å². The Hall–Kier alpha value is -3.14. The van der Waals surface area contributed by atoms with Crippen molar-refractivity contribution in [3.63, 3.8) is 0 Å². The number of anilines is 2. The largest absolute Gasteiger partial charge is 0.339 e. The van der Waals surface area contributed by atoms with Gasteiger partial charge in [0.15, 0.2) is 0 Å². The first-order valence-electron chi connectivity index (χ1n) is 8.37. The lowest BCUT2D eigenvalue weighted by Crippen LogP contribution is -2.33. The second-order valence-electron chi connectivity index (χ2n) is 6.07. The van der Waals surface area contributed by atoms with Crippen molar-refractivity contribution in [1.29, 1.82) is 0 Å². The van der Waals surface area contributed by atoms with E-state index in [4.69, 9.17) is 0 Å². The molecule has 4 heteroatoms. The molecule has 0 aromatic heterocycles. The summed E-state index contributed by atoms with van der Waals surface area (Å²) >= 11 is 0. The highest BCUT2D eigenvalue weighted by Crippen LogP contribution is 2.40. The summed E-state index contributed by atoms with van der Waals surface area (Å²) in [5, 5.41) is 0. The molecule has 0 N–H and O–H groups in total. The third kappa shape index (κ3) is 2.22. The van der Waals surface area contributed by atoms with Gasteiger partial charge in [0.05, 0.1) is 11.4 Å². The summed E-state index contributed by atoms with van der Waals surface area (Å²) in [5.41, 5.74) is 4.57. The average Bonchev–Trinajstić information content (AvgIpc) is 2.94. The molecule has 2 heterocycles. The number of ketones is 1. The second-order valence-corrected chi connectivity index (χ2v) is 6.07. The van der Waals surface area contributed by atoms with Crippen LogP contribution in [0.1, 0.15) is 29.8 Å². The van der Waals surface area contributed by atoms with E-state index in [9.17, 15) is 9.59 Å². The van der Waals surface area contributed by atoms with Crippen molar-refractivity contribution in [1.82, 2.24) is 0 Å². The summed E-state index contributed by atoms with van der Waals surface area (Å²) in [4.78, 5) is 29.0. The average molecular weight is 330 g/mol. The van der Waals surface area contributed by atoms with Crippen molar-refractivity contribution in [3.05, 3.63) is 77.1 Å². The van der Waals surface area contributed by atoms with Gasteiger partial charge in [-0.1, -0.05) is 36.4 Å². The molecule has 0 unspecified atom stereocenters. The number of para-hydroxylation sites is 2. The fourth-order valence-corrected chi connectivity index (χ4v) is 3.58. The van der Waals surface area contributed by atoms with Crippen LogP contribution in [0.3, 0.4) is 0 Å². The predicted molar refractivity (Wildman–Crippen MR) is 99.5 cm³/mol. The number of amides is 1. The number of hydrogen-bond acceptors (Lipinski definition) is 3. The normalized spacial score (nSPS) is 18.4. The van der Waals surface area contributed by atoms with Crippen molar-refractivity contribution < 1.29 is 9.59 Å². The SMILES string of the molecule is CCN1/C(=C2\C(=O)c3ccccc3N2C(C)=O)C=Cc2ccccc21. The summed E-state index contributed by atoms with van der Waals surface area (Å²) in [6, 6.07) is 15.3. The van der Waals surface area contributed by atoms with E-state index in [0.717, 1.165) is 16.9 Å². The molecule has 0 saturated heterocycles. The number of likely N-dealkylation sites (N-methyl/N-ethyl adjacent to an activating group) is 1. The van der Waals surface area contributed by atoms with Crippen LogP contribution < -0.4 is 9.80 Å². The molecule has 0 fully saturated rings. The third-order valence-electron chi connectivity index (χ3n) is 4.64. The van der Waals surface area contributed by atoms with Crippen molar-refractivity contribution in [2.75, 3.05) is 16.3 Å². The molecule has 0 radical (unpaired) electrons. The Morgan fingerprint density at radius 2 is 1.64 bits per heavy atom. The molecule has 4 nitrogen and oxygen atoms in total. The van der Waals surface area contributed by atoms with Crippen LogP contribution in [-0.4, -0.2) is 18.2 Å². The molecular weight excluding hydrogens is 312 g/mol. The number of carbonyl (C=O) groups excluding carboxylic acids is 2. The molecule has 2 aromatic rings. The Kier molecular flexibility index (Phi) is 3.53. The van der Waals surface area contributed by atoms with Crippen LogP contribution in [-0.2, 0) is 4.79 Å². The quantitative estimate of drug-likeness (QED) is 0.742. The highest BCUT2D eigenvalue weighted by molar-refractivity contribution is 6.25. The number of benzene rings is 2. The Labute approximate surface area is 146 Å². The highest BCUT2D eigenvalue weighted by atomic mass is 16.2. The molecule has 0 spiro atoms. The van der Waals surface area contributed by atoms with Gasteiger partial charge in [0.25, 0.3) is 0 Å². The smallest absolute Gasteiger partial charge is 0.228 e. The Bertz CT molecular complexity index is 956. The highest BCUT2D eigenvalue weighted by Gasteiger charge is 2.38. The number of rotatable bonds is 1. The molecule has 124 valence electrons. The first-order valence-corrected chi connectivity index (χ1v) is 8.37. The van der Waals surface area contributed by atoms with Crippen molar-refractivity contribution in [2.24, 2.45) is 0 Å². The molecule has 0 bridgehead atoms. The molecule has 2 aliphatic rings. The zero-order valence-electron chi connectivity index (χ0n) is 14.2. The zero-order chi connectivity index (χ0) is 17.6. The fourth-order valence-electron chi connectivity index (χ4n) is 3.58. The van der Waals surface area contributed by atoms with Crippen LogP contribution in [0.15, 0.2) is 66.0 Å². The molecule has 2 aromatic carbocycles. The van der Waals surface area contributed by atoms with Crippen LogP contribution in [0.4, 0.5) is 11.4 Å². The van der Waals surface area contributed by atoms with E-state index in [2.05, 4.69) is 4.90 Å². The lowest BCUT2D eigenvalue weighted by Gasteiger charge is -2.32. The van der Waals surface area contributed by atoms with Crippen molar-refractivity contribution in [2.45, 2.75) is 13.8 Å². The van der Waals surface area contributed by atoms with Gasteiger partial charge in [0.2, 0.25) is 11.7 Å². The zero-order valence-corrected chi connectivity index (χ0v) is 14.2. The van der Waals surface area contributed by atoms with Crippen LogP contribution in [0.2, 0.25) is 0 Å². The first kappa shape index (κ1) is 15.4. The van der Waals surface area contributed by atoms with Gasteiger partial charge in [-0.3, -0.25) is 14.5 Å². The summed E-state index contributed by atoms with van der Waals surface area (Å²) in [6.45, 7) is 4.24. The Balaban J connectivity index is 1.96. The second kappa shape index (κ2) is 5.74. The standard InChI is InChI=1S/C21H18N2O2/c1-3-22-17-10-6-4-8-15(17)12-13-19(22)20-21(25)16-9-5-7-11-18(16)23(20)14(2)24/h4-13H,3H2,1-2H3/b20-19+. The molecule has 0 saturated carbocycles. The summed E-state index contributed by atoms with van der Waals surface area (Å²) in [6.07, 6.45) is 3.93. The van der Waals surface area contributed by atoms with Gasteiger partial charge in [-0.05, 0) is 36.8 Å². The van der Waals surface area contributed by atoms with E-state index in [-0.39, 0.29) is 11.7 Å². The minimum Gasteiger partial charge on any atom is -0.339 e. The number of hydrogen-bond donors (Lipinski definition) is 0. The first-order chi connectivity index (χ1) is 12.1. The van der Waals surface area contributed by atoms with Crippen LogP contribution >= 0.6 is 0 Å². The fraction of sp³-hybridized carbons (Fsp3) is 0.143. The molecule has 25 heavy (non-hydrogen) atoms. The predicted octanol–water partition coefficient (Wildman–Crippen LogP) is 4.00. The van der Waals surface area contributed by atoms with Crippen molar-refractivity contribution in [3.8, 4) is 0 Å². The summed E-state index contributed by atoms with van der Waals surface area (Å²) in [5.74, 6) is -0.271. The monoisotopic (exact) mass is 330 g/mol. The van der Waals surface area contributed by atoms with Gasteiger partial charge in [0.1, 0.15) is 5.70 Å². The topological polar surface area (TPSA) is 40.6 Å². The van der Waals surface area contributed by atoms with Gasteiger partial charge in [-0.25, -0.2) is 0 Å². The van der Waals surface area contributed by atoms with E-state index in [1.807, 2.05) is 61.5 Å². The van der Waals surface area contributed by atoms with E-state index in [1.165, 1.54) is 11.8 Å². The van der Waals surface area contributed by atoms with Crippen LogP contribution in [0, 0.1) is 0 Å². The molecule has 0 atom stereocenters. The van der Waals surface area contributed by atoms with Gasteiger partial charge in [-0.2, -0.15) is 0 Å². The number of fused-ring (bicyclic) bond motifs is 2. The van der Waals surface area contributed by atoms with E-state index >= 15 is 0 Å².